The maximum Gasteiger partial charge on any atom is 0.198 e. The van der Waals surface area contributed by atoms with Crippen LogP contribution in [0.2, 0.25) is 0 Å². The van der Waals surface area contributed by atoms with E-state index in [1.807, 2.05) is 0 Å². The Bertz CT molecular complexity index is 479. The Morgan fingerprint density at radius 2 is 2.13 bits per heavy atom. The average molecular weight is 209 g/mol. The SMILES string of the molecule is Cc1cnc(Cc2cc(F)ccc2F)o1. The highest BCUT2D eigenvalue weighted by Gasteiger charge is 2.08. The Kier molecular flexibility index (Phi) is 2.49. The van der Waals surface area contributed by atoms with Crippen molar-refractivity contribution in [3.63, 3.8) is 0 Å². The second kappa shape index (κ2) is 3.81. The molecule has 0 saturated heterocycles. The van der Waals surface area contributed by atoms with Crippen LogP contribution < -0.4 is 0 Å². The molecule has 2 nitrogen and oxygen atoms in total. The van der Waals surface area contributed by atoms with Crippen molar-refractivity contribution in [2.75, 3.05) is 0 Å². The number of oxazole rings is 1. The molecular weight excluding hydrogens is 200 g/mol. The molecule has 1 aromatic heterocycles. The van der Waals surface area contributed by atoms with E-state index in [1.165, 1.54) is 0 Å². The largest absolute Gasteiger partial charge is 0.446 e. The summed E-state index contributed by atoms with van der Waals surface area (Å²) in [6, 6.07) is 3.33. The highest BCUT2D eigenvalue weighted by molar-refractivity contribution is 5.21. The van der Waals surface area contributed by atoms with Crippen molar-refractivity contribution < 1.29 is 13.2 Å². The summed E-state index contributed by atoms with van der Waals surface area (Å²) in [5, 5.41) is 0. The lowest BCUT2D eigenvalue weighted by Crippen LogP contribution is -1.93. The molecule has 2 aromatic rings. The molecule has 78 valence electrons. The molecule has 0 aliphatic heterocycles. The number of aromatic nitrogens is 1. The van der Waals surface area contributed by atoms with Crippen LogP contribution in [0.3, 0.4) is 0 Å². The number of hydrogen-bond acceptors (Lipinski definition) is 2. The highest BCUT2D eigenvalue weighted by Crippen LogP contribution is 2.14. The molecule has 1 heterocycles. The molecule has 0 bridgehead atoms. The Morgan fingerprint density at radius 1 is 1.33 bits per heavy atom. The number of benzene rings is 1. The maximum absolute atomic E-state index is 13.2. The molecular formula is C11H9F2NO. The van der Waals surface area contributed by atoms with Crippen molar-refractivity contribution in [3.05, 3.63) is 53.2 Å². The third kappa shape index (κ3) is 2.21. The van der Waals surface area contributed by atoms with Crippen LogP contribution in [0.4, 0.5) is 8.78 Å². The molecule has 0 N–H and O–H groups in total. The quantitative estimate of drug-likeness (QED) is 0.760. The summed E-state index contributed by atoms with van der Waals surface area (Å²) in [7, 11) is 0. The molecule has 0 unspecified atom stereocenters. The smallest absolute Gasteiger partial charge is 0.198 e. The van der Waals surface area contributed by atoms with Crippen molar-refractivity contribution in [3.8, 4) is 0 Å². The molecule has 15 heavy (non-hydrogen) atoms. The van der Waals surface area contributed by atoms with Gasteiger partial charge in [0.1, 0.15) is 17.4 Å². The highest BCUT2D eigenvalue weighted by atomic mass is 19.1. The zero-order chi connectivity index (χ0) is 10.8. The lowest BCUT2D eigenvalue weighted by Gasteiger charge is -1.99. The molecule has 0 atom stereocenters. The number of aryl methyl sites for hydroxylation is 1. The lowest BCUT2D eigenvalue weighted by atomic mass is 10.1. The van der Waals surface area contributed by atoms with Crippen LogP contribution in [0.1, 0.15) is 17.2 Å². The average Bonchev–Trinajstić information content (AvgIpc) is 2.58. The third-order valence-electron chi connectivity index (χ3n) is 2.02. The summed E-state index contributed by atoms with van der Waals surface area (Å²) in [6.45, 7) is 1.75. The van der Waals surface area contributed by atoms with Gasteiger partial charge in [0.15, 0.2) is 5.89 Å². The molecule has 2 rings (SSSR count). The fraction of sp³-hybridized carbons (Fsp3) is 0.182. The molecule has 0 spiro atoms. The van der Waals surface area contributed by atoms with E-state index in [0.29, 0.717) is 11.7 Å². The van der Waals surface area contributed by atoms with Gasteiger partial charge in [0.25, 0.3) is 0 Å². The van der Waals surface area contributed by atoms with Crippen molar-refractivity contribution in [2.24, 2.45) is 0 Å². The van der Waals surface area contributed by atoms with Crippen LogP contribution in [0, 0.1) is 18.6 Å². The first-order valence-electron chi connectivity index (χ1n) is 4.50. The second-order valence-electron chi connectivity index (χ2n) is 3.28. The summed E-state index contributed by atoms with van der Waals surface area (Å²) in [5.74, 6) is 0.126. The molecule has 1 aromatic carbocycles. The van der Waals surface area contributed by atoms with Crippen LogP contribution in [-0.4, -0.2) is 4.98 Å². The number of nitrogens with zero attached hydrogens (tertiary/aromatic N) is 1. The summed E-state index contributed by atoms with van der Waals surface area (Å²) in [4.78, 5) is 3.93. The van der Waals surface area contributed by atoms with Gasteiger partial charge in [-0.25, -0.2) is 13.8 Å². The van der Waals surface area contributed by atoms with Gasteiger partial charge in [-0.15, -0.1) is 0 Å². The Hall–Kier alpha value is -1.71. The molecule has 0 aliphatic rings. The van der Waals surface area contributed by atoms with Gasteiger partial charge in [0.05, 0.1) is 12.6 Å². The number of rotatable bonds is 2. The monoisotopic (exact) mass is 209 g/mol. The Labute approximate surface area is 85.6 Å². The second-order valence-corrected chi connectivity index (χ2v) is 3.28. The van der Waals surface area contributed by atoms with E-state index in [2.05, 4.69) is 4.98 Å². The van der Waals surface area contributed by atoms with E-state index in [9.17, 15) is 8.78 Å². The summed E-state index contributed by atoms with van der Waals surface area (Å²) < 4.78 is 31.2. The first kappa shape index (κ1) is 9.83. The standard InChI is InChI=1S/C11H9F2NO/c1-7-6-14-11(15-7)5-8-4-9(12)2-3-10(8)13/h2-4,6H,5H2,1H3. The zero-order valence-electron chi connectivity index (χ0n) is 8.13. The third-order valence-corrected chi connectivity index (χ3v) is 2.02. The van der Waals surface area contributed by atoms with Crippen molar-refractivity contribution in [1.29, 1.82) is 0 Å². The first-order chi connectivity index (χ1) is 7.15. The van der Waals surface area contributed by atoms with Crippen molar-refractivity contribution >= 4 is 0 Å². The summed E-state index contributed by atoms with van der Waals surface area (Å²) in [6.07, 6.45) is 1.71. The zero-order valence-corrected chi connectivity index (χ0v) is 8.13. The predicted molar refractivity (Wildman–Crippen MR) is 50.4 cm³/mol. The fourth-order valence-corrected chi connectivity index (χ4v) is 1.32. The number of halogens is 2. The van der Waals surface area contributed by atoms with Crippen LogP contribution in [0.25, 0.3) is 0 Å². The Morgan fingerprint density at radius 3 is 2.80 bits per heavy atom. The van der Waals surface area contributed by atoms with Crippen LogP contribution in [0.5, 0.6) is 0 Å². The minimum Gasteiger partial charge on any atom is -0.446 e. The van der Waals surface area contributed by atoms with E-state index >= 15 is 0 Å². The van der Waals surface area contributed by atoms with Gasteiger partial charge in [-0.3, -0.25) is 0 Å². The number of hydrogen-bond donors (Lipinski definition) is 0. The van der Waals surface area contributed by atoms with E-state index in [-0.39, 0.29) is 12.0 Å². The summed E-state index contributed by atoms with van der Waals surface area (Å²) >= 11 is 0. The van der Waals surface area contributed by atoms with Gasteiger partial charge in [-0.1, -0.05) is 0 Å². The van der Waals surface area contributed by atoms with E-state index < -0.39 is 11.6 Å². The van der Waals surface area contributed by atoms with Gasteiger partial charge in [0, 0.05) is 0 Å². The first-order valence-corrected chi connectivity index (χ1v) is 4.50. The van der Waals surface area contributed by atoms with Crippen LogP contribution >= 0.6 is 0 Å². The van der Waals surface area contributed by atoms with Crippen molar-refractivity contribution in [1.82, 2.24) is 4.98 Å². The predicted octanol–water partition coefficient (Wildman–Crippen LogP) is 2.85. The van der Waals surface area contributed by atoms with E-state index in [0.717, 1.165) is 18.2 Å². The molecule has 0 aliphatic carbocycles. The summed E-state index contributed by atoms with van der Waals surface area (Å²) in [5.41, 5.74) is 0.247. The van der Waals surface area contributed by atoms with E-state index in [4.69, 9.17) is 4.42 Å². The fourth-order valence-electron chi connectivity index (χ4n) is 1.32. The topological polar surface area (TPSA) is 26.0 Å². The van der Waals surface area contributed by atoms with Crippen molar-refractivity contribution in [2.45, 2.75) is 13.3 Å². The minimum absolute atomic E-state index is 0.164. The van der Waals surface area contributed by atoms with E-state index in [1.54, 1.807) is 13.1 Å². The van der Waals surface area contributed by atoms with Gasteiger partial charge in [-0.05, 0) is 30.7 Å². The molecule has 4 heteroatoms. The lowest BCUT2D eigenvalue weighted by molar-refractivity contribution is 0.476. The molecule has 0 amide bonds. The molecule has 0 radical (unpaired) electrons. The normalized spacial score (nSPS) is 10.6. The van der Waals surface area contributed by atoms with Crippen LogP contribution in [-0.2, 0) is 6.42 Å². The molecule has 0 saturated carbocycles. The molecule has 0 fully saturated rings. The minimum atomic E-state index is -0.463. The van der Waals surface area contributed by atoms with Gasteiger partial charge >= 0.3 is 0 Å². The van der Waals surface area contributed by atoms with Gasteiger partial charge in [0.2, 0.25) is 0 Å². The maximum atomic E-state index is 13.2. The van der Waals surface area contributed by atoms with Gasteiger partial charge < -0.3 is 4.42 Å². The Balaban J connectivity index is 2.27. The van der Waals surface area contributed by atoms with Gasteiger partial charge in [-0.2, -0.15) is 0 Å². The van der Waals surface area contributed by atoms with Crippen LogP contribution in [0.15, 0.2) is 28.8 Å².